The molecule has 0 bridgehead atoms. The summed E-state index contributed by atoms with van der Waals surface area (Å²) in [7, 11) is 0. The quantitative estimate of drug-likeness (QED) is 0.475. The molecule has 0 radical (unpaired) electrons. The Kier molecular flexibility index (Phi) is 2.89. The fourth-order valence-electron chi connectivity index (χ4n) is 0.569. The second-order valence-electron chi connectivity index (χ2n) is 1.80. The molecule has 4 heteroatoms. The molecule has 1 aromatic heterocycles. The number of hydrogen-bond donors (Lipinski definition) is 0. The standard InChI is InChI=1S/C7H4BrIO2/c1-2-5(10)6-3-4(8)7(9)11-6/h2-3H,1H2. The third kappa shape index (κ3) is 1.93. The van der Waals surface area contributed by atoms with E-state index in [1.165, 1.54) is 6.08 Å². The predicted molar refractivity (Wildman–Crippen MR) is 53.7 cm³/mol. The first kappa shape index (κ1) is 8.99. The Morgan fingerprint density at radius 2 is 2.45 bits per heavy atom. The molecule has 0 amide bonds. The maximum atomic E-state index is 10.9. The van der Waals surface area contributed by atoms with Gasteiger partial charge >= 0.3 is 0 Å². The Bertz CT molecular complexity index is 284. The van der Waals surface area contributed by atoms with Gasteiger partial charge < -0.3 is 4.42 Å². The van der Waals surface area contributed by atoms with Gasteiger partial charge in [-0.25, -0.2) is 0 Å². The Hall–Kier alpha value is -0.100. The van der Waals surface area contributed by atoms with Crippen LogP contribution in [0.3, 0.4) is 0 Å². The molecule has 0 aliphatic heterocycles. The first-order valence-corrected chi connectivity index (χ1v) is 4.64. The topological polar surface area (TPSA) is 30.2 Å². The first-order chi connectivity index (χ1) is 5.15. The van der Waals surface area contributed by atoms with E-state index < -0.39 is 0 Å². The molecule has 2 nitrogen and oxygen atoms in total. The summed E-state index contributed by atoms with van der Waals surface area (Å²) in [4.78, 5) is 10.9. The number of carbonyl (C=O) groups excluding carboxylic acids is 1. The van der Waals surface area contributed by atoms with Crippen LogP contribution in [0.15, 0.2) is 27.6 Å². The van der Waals surface area contributed by atoms with Crippen molar-refractivity contribution in [2.45, 2.75) is 0 Å². The van der Waals surface area contributed by atoms with Gasteiger partial charge in [-0.2, -0.15) is 0 Å². The van der Waals surface area contributed by atoms with Gasteiger partial charge in [0.05, 0.1) is 4.47 Å². The van der Waals surface area contributed by atoms with Gasteiger partial charge in [0, 0.05) is 28.7 Å². The maximum Gasteiger partial charge on any atom is 0.220 e. The third-order valence-electron chi connectivity index (χ3n) is 1.07. The van der Waals surface area contributed by atoms with E-state index >= 15 is 0 Å². The van der Waals surface area contributed by atoms with Crippen molar-refractivity contribution in [3.8, 4) is 0 Å². The van der Waals surface area contributed by atoms with Crippen molar-refractivity contribution in [2.24, 2.45) is 0 Å². The molecule has 1 aromatic rings. The summed E-state index contributed by atoms with van der Waals surface area (Å²) in [5, 5.41) is 0. The lowest BCUT2D eigenvalue weighted by molar-refractivity contribution is 0.102. The third-order valence-corrected chi connectivity index (χ3v) is 3.20. The highest BCUT2D eigenvalue weighted by Gasteiger charge is 2.10. The van der Waals surface area contributed by atoms with Crippen LogP contribution in [0.4, 0.5) is 0 Å². The van der Waals surface area contributed by atoms with Crippen molar-refractivity contribution < 1.29 is 9.21 Å². The van der Waals surface area contributed by atoms with Gasteiger partial charge in [0.1, 0.15) is 0 Å². The molecule has 0 aliphatic rings. The summed E-state index contributed by atoms with van der Waals surface area (Å²) in [5.41, 5.74) is 0. The van der Waals surface area contributed by atoms with E-state index in [1.54, 1.807) is 6.07 Å². The molecule has 0 aliphatic carbocycles. The van der Waals surface area contributed by atoms with E-state index in [2.05, 4.69) is 22.5 Å². The van der Waals surface area contributed by atoms with Crippen LogP contribution in [0.5, 0.6) is 0 Å². The van der Waals surface area contributed by atoms with Crippen LogP contribution in [-0.2, 0) is 0 Å². The SMILES string of the molecule is C=CC(=O)c1cc(Br)c(I)o1. The number of halogens is 2. The van der Waals surface area contributed by atoms with Crippen LogP contribution in [0.25, 0.3) is 0 Å². The smallest absolute Gasteiger partial charge is 0.220 e. The lowest BCUT2D eigenvalue weighted by Gasteiger charge is -1.83. The van der Waals surface area contributed by atoms with Crippen molar-refractivity contribution in [2.75, 3.05) is 0 Å². The Balaban J connectivity index is 3.06. The fourth-order valence-corrected chi connectivity index (χ4v) is 1.25. The predicted octanol–water partition coefficient (Wildman–Crippen LogP) is 3.02. The summed E-state index contributed by atoms with van der Waals surface area (Å²) in [6.07, 6.45) is 1.22. The van der Waals surface area contributed by atoms with Gasteiger partial charge in [0.2, 0.25) is 5.78 Å². The van der Waals surface area contributed by atoms with E-state index in [1.807, 2.05) is 22.6 Å². The van der Waals surface area contributed by atoms with Gasteiger partial charge in [-0.3, -0.25) is 4.79 Å². The van der Waals surface area contributed by atoms with Crippen LogP contribution < -0.4 is 0 Å². The number of carbonyl (C=O) groups is 1. The summed E-state index contributed by atoms with van der Waals surface area (Å²) in [5.74, 6) is 0.116. The highest BCUT2D eigenvalue weighted by Crippen LogP contribution is 2.23. The van der Waals surface area contributed by atoms with E-state index in [-0.39, 0.29) is 5.78 Å². The normalized spacial score (nSPS) is 9.64. The fraction of sp³-hybridized carbons (Fsp3) is 0. The highest BCUT2D eigenvalue weighted by molar-refractivity contribution is 14.1. The van der Waals surface area contributed by atoms with Crippen molar-refractivity contribution >= 4 is 44.3 Å². The lowest BCUT2D eigenvalue weighted by atomic mass is 10.3. The molecule has 0 N–H and O–H groups in total. The van der Waals surface area contributed by atoms with Gasteiger partial charge in [-0.15, -0.1) is 0 Å². The molecule has 58 valence electrons. The molecular weight excluding hydrogens is 323 g/mol. The second kappa shape index (κ2) is 3.53. The van der Waals surface area contributed by atoms with E-state index in [4.69, 9.17) is 4.42 Å². The van der Waals surface area contributed by atoms with Crippen molar-refractivity contribution in [1.29, 1.82) is 0 Å². The van der Waals surface area contributed by atoms with Gasteiger partial charge in [-0.1, -0.05) is 6.58 Å². The Morgan fingerprint density at radius 1 is 1.82 bits per heavy atom. The van der Waals surface area contributed by atoms with E-state index in [0.29, 0.717) is 9.53 Å². The van der Waals surface area contributed by atoms with Crippen molar-refractivity contribution in [3.05, 3.63) is 32.7 Å². The average molecular weight is 327 g/mol. The van der Waals surface area contributed by atoms with Crippen LogP contribution in [-0.4, -0.2) is 5.78 Å². The van der Waals surface area contributed by atoms with Crippen LogP contribution in [0.2, 0.25) is 0 Å². The Morgan fingerprint density at radius 3 is 2.82 bits per heavy atom. The van der Waals surface area contributed by atoms with E-state index in [0.717, 1.165) is 4.47 Å². The molecule has 0 unspecified atom stereocenters. The van der Waals surface area contributed by atoms with Crippen LogP contribution in [0, 0.1) is 3.77 Å². The summed E-state index contributed by atoms with van der Waals surface area (Å²) in [6, 6.07) is 1.63. The second-order valence-corrected chi connectivity index (χ2v) is 3.63. The number of ketones is 1. The van der Waals surface area contributed by atoms with Gasteiger partial charge in [0.15, 0.2) is 9.53 Å². The highest BCUT2D eigenvalue weighted by atomic mass is 127. The van der Waals surface area contributed by atoms with Crippen LogP contribution in [0.1, 0.15) is 10.6 Å². The van der Waals surface area contributed by atoms with Crippen molar-refractivity contribution in [1.82, 2.24) is 0 Å². The molecule has 0 aromatic carbocycles. The zero-order valence-electron chi connectivity index (χ0n) is 5.43. The molecule has 0 atom stereocenters. The van der Waals surface area contributed by atoms with Crippen LogP contribution >= 0.6 is 38.5 Å². The largest absolute Gasteiger partial charge is 0.446 e. The monoisotopic (exact) mass is 326 g/mol. The average Bonchev–Trinajstić information content (AvgIpc) is 2.31. The zero-order valence-corrected chi connectivity index (χ0v) is 9.18. The molecule has 0 saturated carbocycles. The van der Waals surface area contributed by atoms with Gasteiger partial charge in [-0.05, 0) is 22.0 Å². The number of rotatable bonds is 2. The minimum atomic E-state index is -0.200. The minimum absolute atomic E-state index is 0.200. The molecule has 11 heavy (non-hydrogen) atoms. The lowest BCUT2D eigenvalue weighted by Crippen LogP contribution is -1.88. The Labute approximate surface area is 85.9 Å². The van der Waals surface area contributed by atoms with E-state index in [9.17, 15) is 4.79 Å². The minimum Gasteiger partial charge on any atom is -0.446 e. The summed E-state index contributed by atoms with van der Waals surface area (Å²) < 4.78 is 6.55. The molecule has 0 fully saturated rings. The first-order valence-electron chi connectivity index (χ1n) is 2.76. The maximum absolute atomic E-state index is 10.9. The molecule has 0 spiro atoms. The summed E-state index contributed by atoms with van der Waals surface area (Å²) in [6.45, 7) is 3.35. The zero-order chi connectivity index (χ0) is 8.43. The molecule has 1 rings (SSSR count). The number of allylic oxidation sites excluding steroid dienone is 1. The van der Waals surface area contributed by atoms with Crippen molar-refractivity contribution in [3.63, 3.8) is 0 Å². The molecule has 0 saturated heterocycles. The molecular formula is C7H4BrIO2. The molecule has 1 heterocycles. The van der Waals surface area contributed by atoms with Gasteiger partial charge in [0.25, 0.3) is 0 Å². The summed E-state index contributed by atoms with van der Waals surface area (Å²) >= 11 is 5.22. The number of hydrogen-bond acceptors (Lipinski definition) is 2. The number of furan rings is 1.